The van der Waals surface area contributed by atoms with Crippen LogP contribution >= 0.6 is 0 Å². The number of rotatable bonds is 3. The molecule has 5 heteroatoms. The summed E-state index contributed by atoms with van der Waals surface area (Å²) in [4.78, 5) is 11.4. The number of esters is 1. The summed E-state index contributed by atoms with van der Waals surface area (Å²) in [7, 11) is 1.37. The maximum absolute atomic E-state index is 11.4. The molecule has 0 fully saturated rings. The van der Waals surface area contributed by atoms with Crippen LogP contribution in [0.5, 0.6) is 0 Å². The van der Waals surface area contributed by atoms with E-state index in [1.165, 1.54) is 7.11 Å². The summed E-state index contributed by atoms with van der Waals surface area (Å²) < 4.78 is 6.28. The van der Waals surface area contributed by atoms with E-state index in [9.17, 15) is 4.79 Å². The molecule has 0 amide bonds. The van der Waals surface area contributed by atoms with Gasteiger partial charge in [-0.3, -0.25) is 4.68 Å². The molecular formula is C9H15N3O2. The van der Waals surface area contributed by atoms with Gasteiger partial charge >= 0.3 is 5.97 Å². The van der Waals surface area contributed by atoms with Gasteiger partial charge in [0.15, 0.2) is 0 Å². The molecule has 1 heterocycles. The summed E-state index contributed by atoms with van der Waals surface area (Å²) in [5, 5.41) is 4.05. The molecule has 1 aromatic rings. The molecule has 0 aromatic carbocycles. The highest BCUT2D eigenvalue weighted by Gasteiger charge is 2.21. The second-order valence-electron chi connectivity index (χ2n) is 3.08. The van der Waals surface area contributed by atoms with Crippen molar-refractivity contribution in [2.75, 3.05) is 12.8 Å². The average Bonchev–Trinajstić information content (AvgIpc) is 2.50. The Morgan fingerprint density at radius 2 is 2.43 bits per heavy atom. The minimum absolute atomic E-state index is 0.293. The zero-order valence-corrected chi connectivity index (χ0v) is 8.65. The maximum atomic E-state index is 11.4. The van der Waals surface area contributed by atoms with Crippen molar-refractivity contribution in [2.24, 2.45) is 0 Å². The Morgan fingerprint density at radius 3 is 2.79 bits per heavy atom. The fourth-order valence-corrected chi connectivity index (χ4v) is 1.33. The van der Waals surface area contributed by atoms with E-state index < -0.39 is 0 Å². The van der Waals surface area contributed by atoms with Crippen LogP contribution in [0.15, 0.2) is 6.20 Å². The number of nitrogens with zero attached hydrogens (tertiary/aromatic N) is 2. The first-order valence-electron chi connectivity index (χ1n) is 4.49. The summed E-state index contributed by atoms with van der Waals surface area (Å²) in [5.41, 5.74) is 7.02. The van der Waals surface area contributed by atoms with Crippen molar-refractivity contribution in [1.29, 1.82) is 0 Å². The Labute approximate surface area is 82.8 Å². The number of methoxy groups -OCH3 is 1. The predicted molar refractivity (Wildman–Crippen MR) is 52.7 cm³/mol. The van der Waals surface area contributed by atoms with E-state index in [2.05, 4.69) is 9.84 Å². The number of carbonyl (C=O) groups is 1. The first kappa shape index (κ1) is 10.6. The van der Waals surface area contributed by atoms with Crippen LogP contribution in [0.25, 0.3) is 0 Å². The third kappa shape index (κ3) is 1.71. The standard InChI is InChI=1S/C9H15N3O2/c1-4-8(9(13)14-3)12-6(2)7(10)5-11-12/h5,8H,4,10H2,1-3H3. The lowest BCUT2D eigenvalue weighted by Crippen LogP contribution is -2.22. The van der Waals surface area contributed by atoms with E-state index in [0.717, 1.165) is 5.69 Å². The molecule has 5 nitrogen and oxygen atoms in total. The van der Waals surface area contributed by atoms with Crippen LogP contribution in [-0.4, -0.2) is 22.9 Å². The molecule has 78 valence electrons. The van der Waals surface area contributed by atoms with Crippen molar-refractivity contribution in [3.63, 3.8) is 0 Å². The minimum atomic E-state index is -0.378. The molecule has 2 N–H and O–H groups in total. The summed E-state index contributed by atoms with van der Waals surface area (Å²) in [5.74, 6) is -0.293. The van der Waals surface area contributed by atoms with Crippen LogP contribution in [0.4, 0.5) is 5.69 Å². The fourth-order valence-electron chi connectivity index (χ4n) is 1.33. The van der Waals surface area contributed by atoms with E-state index in [4.69, 9.17) is 5.73 Å². The van der Waals surface area contributed by atoms with Crippen molar-refractivity contribution < 1.29 is 9.53 Å². The number of nitrogens with two attached hydrogens (primary N) is 1. The van der Waals surface area contributed by atoms with Gasteiger partial charge in [-0.1, -0.05) is 6.92 Å². The van der Waals surface area contributed by atoms with Gasteiger partial charge in [-0.05, 0) is 13.3 Å². The smallest absolute Gasteiger partial charge is 0.330 e. The van der Waals surface area contributed by atoms with E-state index in [1.807, 2.05) is 13.8 Å². The van der Waals surface area contributed by atoms with Crippen LogP contribution in [-0.2, 0) is 9.53 Å². The first-order chi connectivity index (χ1) is 6.61. The topological polar surface area (TPSA) is 70.1 Å². The molecule has 1 unspecified atom stereocenters. The van der Waals surface area contributed by atoms with Gasteiger partial charge in [-0.2, -0.15) is 5.10 Å². The number of nitrogen functional groups attached to an aromatic ring is 1. The van der Waals surface area contributed by atoms with Crippen molar-refractivity contribution in [3.8, 4) is 0 Å². The predicted octanol–water partition coefficient (Wildman–Crippen LogP) is 0.898. The number of hydrogen-bond donors (Lipinski definition) is 1. The van der Waals surface area contributed by atoms with E-state index in [-0.39, 0.29) is 12.0 Å². The van der Waals surface area contributed by atoms with E-state index >= 15 is 0 Å². The minimum Gasteiger partial charge on any atom is -0.467 e. The largest absolute Gasteiger partial charge is 0.467 e. The van der Waals surface area contributed by atoms with Gasteiger partial charge in [0.1, 0.15) is 6.04 Å². The number of ether oxygens (including phenoxy) is 1. The third-order valence-electron chi connectivity index (χ3n) is 2.24. The number of aromatic nitrogens is 2. The van der Waals surface area contributed by atoms with Crippen LogP contribution < -0.4 is 5.73 Å². The van der Waals surface area contributed by atoms with Gasteiger partial charge in [-0.15, -0.1) is 0 Å². The molecular weight excluding hydrogens is 182 g/mol. The highest BCUT2D eigenvalue weighted by Crippen LogP contribution is 2.18. The highest BCUT2D eigenvalue weighted by atomic mass is 16.5. The maximum Gasteiger partial charge on any atom is 0.330 e. The molecule has 1 atom stereocenters. The molecule has 0 spiro atoms. The lowest BCUT2D eigenvalue weighted by Gasteiger charge is -2.14. The summed E-state index contributed by atoms with van der Waals surface area (Å²) in [6.45, 7) is 3.73. The van der Waals surface area contributed by atoms with E-state index in [0.29, 0.717) is 12.1 Å². The van der Waals surface area contributed by atoms with Gasteiger partial charge < -0.3 is 10.5 Å². The van der Waals surface area contributed by atoms with Gasteiger partial charge in [0, 0.05) is 0 Å². The zero-order valence-electron chi connectivity index (χ0n) is 8.65. The van der Waals surface area contributed by atoms with E-state index in [1.54, 1.807) is 10.9 Å². The monoisotopic (exact) mass is 197 g/mol. The summed E-state index contributed by atoms with van der Waals surface area (Å²) >= 11 is 0. The second-order valence-corrected chi connectivity index (χ2v) is 3.08. The lowest BCUT2D eigenvalue weighted by atomic mass is 10.2. The van der Waals surface area contributed by atoms with Gasteiger partial charge in [0.05, 0.1) is 24.7 Å². The zero-order chi connectivity index (χ0) is 10.7. The van der Waals surface area contributed by atoms with Crippen LogP contribution in [0.2, 0.25) is 0 Å². The molecule has 0 saturated carbocycles. The summed E-state index contributed by atoms with van der Waals surface area (Å²) in [6.07, 6.45) is 2.18. The molecule has 0 saturated heterocycles. The van der Waals surface area contributed by atoms with Crippen LogP contribution in [0, 0.1) is 6.92 Å². The lowest BCUT2D eigenvalue weighted by molar-refractivity contribution is -0.145. The Hall–Kier alpha value is -1.52. The quantitative estimate of drug-likeness (QED) is 0.731. The van der Waals surface area contributed by atoms with Crippen LogP contribution in [0.3, 0.4) is 0 Å². The molecule has 1 aromatic heterocycles. The van der Waals surface area contributed by atoms with Crippen molar-refractivity contribution in [2.45, 2.75) is 26.3 Å². The highest BCUT2D eigenvalue weighted by molar-refractivity contribution is 5.74. The molecule has 14 heavy (non-hydrogen) atoms. The van der Waals surface area contributed by atoms with Crippen molar-refractivity contribution in [1.82, 2.24) is 9.78 Å². The number of hydrogen-bond acceptors (Lipinski definition) is 4. The average molecular weight is 197 g/mol. The number of carbonyl (C=O) groups excluding carboxylic acids is 1. The van der Waals surface area contributed by atoms with Gasteiger partial charge in [-0.25, -0.2) is 4.79 Å². The molecule has 0 aliphatic heterocycles. The van der Waals surface area contributed by atoms with Crippen molar-refractivity contribution >= 4 is 11.7 Å². The third-order valence-corrected chi connectivity index (χ3v) is 2.24. The van der Waals surface area contributed by atoms with Crippen molar-refractivity contribution in [3.05, 3.63) is 11.9 Å². The SMILES string of the molecule is CCC(C(=O)OC)n1ncc(N)c1C. The molecule has 0 aliphatic carbocycles. The molecule has 1 rings (SSSR count). The van der Waals surface area contributed by atoms with Gasteiger partial charge in [0.2, 0.25) is 0 Å². The van der Waals surface area contributed by atoms with Crippen LogP contribution in [0.1, 0.15) is 25.1 Å². The van der Waals surface area contributed by atoms with Gasteiger partial charge in [0.25, 0.3) is 0 Å². The Morgan fingerprint density at radius 1 is 1.79 bits per heavy atom. The summed E-state index contributed by atoms with van der Waals surface area (Å²) in [6, 6.07) is -0.378. The first-order valence-corrected chi connectivity index (χ1v) is 4.49. The second kappa shape index (κ2) is 4.13. The number of anilines is 1. The molecule has 0 radical (unpaired) electrons. The Bertz CT molecular complexity index is 333. The fraction of sp³-hybridized carbons (Fsp3) is 0.556. The molecule has 0 aliphatic rings. The molecule has 0 bridgehead atoms. The normalized spacial score (nSPS) is 12.5. The Balaban J connectivity index is 3.01. The Kier molecular flexibility index (Phi) is 3.11.